The minimum atomic E-state index is 0.0757. The van der Waals surface area contributed by atoms with Crippen LogP contribution in [0.2, 0.25) is 0 Å². The van der Waals surface area contributed by atoms with E-state index >= 15 is 0 Å². The number of rotatable bonds is 4. The molecule has 0 bridgehead atoms. The van der Waals surface area contributed by atoms with Gasteiger partial charge in [0.1, 0.15) is 11.9 Å². The van der Waals surface area contributed by atoms with Gasteiger partial charge in [-0.3, -0.25) is 0 Å². The Balaban J connectivity index is 1.85. The summed E-state index contributed by atoms with van der Waals surface area (Å²) in [7, 11) is 1.61. The van der Waals surface area contributed by atoms with E-state index in [1.165, 1.54) is 16.0 Å². The number of hydrogen-bond acceptors (Lipinski definition) is 4. The molecule has 3 rings (SSSR count). The average molecular weight is 275 g/mol. The molecule has 0 aliphatic carbocycles. The van der Waals surface area contributed by atoms with Crippen LogP contribution in [0, 0.1) is 0 Å². The third-order valence-corrected chi connectivity index (χ3v) is 4.61. The van der Waals surface area contributed by atoms with Gasteiger partial charge in [0.2, 0.25) is 0 Å². The van der Waals surface area contributed by atoms with Gasteiger partial charge in [-0.1, -0.05) is 18.2 Å². The van der Waals surface area contributed by atoms with Gasteiger partial charge < -0.3 is 14.8 Å². The van der Waals surface area contributed by atoms with Gasteiger partial charge in [-0.15, -0.1) is 11.8 Å². The predicted octanol–water partition coefficient (Wildman–Crippen LogP) is 3.00. The Morgan fingerprint density at radius 1 is 1.53 bits per heavy atom. The van der Waals surface area contributed by atoms with Crippen molar-refractivity contribution in [3.8, 4) is 5.75 Å². The second-order valence-corrected chi connectivity index (χ2v) is 5.67. The fraction of sp³-hybridized carbons (Fsp3) is 0.333. The molecule has 1 aromatic carbocycles. The quantitative estimate of drug-likeness (QED) is 0.856. The van der Waals surface area contributed by atoms with Gasteiger partial charge in [0.25, 0.3) is 0 Å². The Kier molecular flexibility index (Phi) is 3.42. The second-order valence-electron chi connectivity index (χ2n) is 4.56. The second kappa shape index (κ2) is 5.21. The molecule has 19 heavy (non-hydrogen) atoms. The van der Waals surface area contributed by atoms with E-state index < -0.39 is 0 Å². The summed E-state index contributed by atoms with van der Waals surface area (Å²) in [6, 6.07) is 8.26. The Hall–Kier alpha value is -1.55. The van der Waals surface area contributed by atoms with E-state index in [9.17, 15) is 0 Å². The first-order valence-corrected chi connectivity index (χ1v) is 7.37. The first-order valence-electron chi connectivity index (χ1n) is 6.38. The Morgan fingerprint density at radius 3 is 3.21 bits per heavy atom. The number of nitrogens with one attached hydrogen (secondary N) is 1. The van der Waals surface area contributed by atoms with E-state index in [1.807, 2.05) is 23.9 Å². The van der Waals surface area contributed by atoms with Gasteiger partial charge in [0.05, 0.1) is 13.7 Å². The molecule has 1 N–H and O–H groups in total. The number of fused-ring (bicyclic) bond motifs is 2. The maximum atomic E-state index is 6.11. The highest BCUT2D eigenvalue weighted by Gasteiger charge is 2.31. The van der Waals surface area contributed by atoms with Crippen molar-refractivity contribution in [2.24, 2.45) is 0 Å². The van der Waals surface area contributed by atoms with Crippen molar-refractivity contribution in [2.75, 3.05) is 19.4 Å². The summed E-state index contributed by atoms with van der Waals surface area (Å²) >= 11 is 1.93. The summed E-state index contributed by atoms with van der Waals surface area (Å²) in [6.45, 7) is 4.47. The minimum Gasteiger partial charge on any atom is -0.484 e. The van der Waals surface area contributed by atoms with Crippen LogP contribution >= 0.6 is 11.8 Å². The molecule has 0 saturated carbocycles. The molecule has 2 aliphatic rings. The van der Waals surface area contributed by atoms with E-state index in [0.717, 1.165) is 17.9 Å². The number of ether oxygens (including phenoxy) is 2. The zero-order valence-corrected chi connectivity index (χ0v) is 11.8. The lowest BCUT2D eigenvalue weighted by atomic mass is 9.99. The molecule has 0 saturated heterocycles. The third-order valence-electron chi connectivity index (χ3n) is 3.43. The fourth-order valence-corrected chi connectivity index (χ4v) is 3.72. The van der Waals surface area contributed by atoms with Crippen molar-refractivity contribution in [3.05, 3.63) is 47.9 Å². The summed E-state index contributed by atoms with van der Waals surface area (Å²) in [5.74, 6) is 2.70. The molecule has 1 unspecified atom stereocenters. The average Bonchev–Trinajstić information content (AvgIpc) is 2.94. The summed E-state index contributed by atoms with van der Waals surface area (Å²) in [4.78, 5) is 1.40. The zero-order valence-electron chi connectivity index (χ0n) is 10.9. The lowest BCUT2D eigenvalue weighted by Gasteiger charge is -2.28. The lowest BCUT2D eigenvalue weighted by Crippen LogP contribution is -2.34. The minimum absolute atomic E-state index is 0.0757. The summed E-state index contributed by atoms with van der Waals surface area (Å²) in [6.07, 6.45) is 1.17. The molecule has 100 valence electrons. The molecule has 0 amide bonds. The van der Waals surface area contributed by atoms with Crippen molar-refractivity contribution in [3.63, 3.8) is 0 Å². The molecular formula is C15H17NO2S. The standard InChI is InChI=1S/C15H17NO2S/c1-10(17-2)16-9-14-12-7-8-19-15(12)11-5-3-4-6-13(11)18-14/h3-6,14,16H,1,7-9H2,2H3. The van der Waals surface area contributed by atoms with Crippen molar-refractivity contribution >= 4 is 16.7 Å². The predicted molar refractivity (Wildman–Crippen MR) is 79.0 cm³/mol. The van der Waals surface area contributed by atoms with Crippen LogP contribution in [0.25, 0.3) is 4.91 Å². The van der Waals surface area contributed by atoms with Crippen molar-refractivity contribution < 1.29 is 9.47 Å². The smallest absolute Gasteiger partial charge is 0.178 e. The summed E-state index contributed by atoms with van der Waals surface area (Å²) in [5, 5.41) is 3.16. The SMILES string of the molecule is C=C(NCC1Oc2ccccc2C2=C1CCS2)OC. The van der Waals surface area contributed by atoms with E-state index in [4.69, 9.17) is 9.47 Å². The van der Waals surface area contributed by atoms with Crippen LogP contribution in [0.3, 0.4) is 0 Å². The number of methoxy groups -OCH3 is 1. The number of benzene rings is 1. The Labute approximate surface area is 117 Å². The van der Waals surface area contributed by atoms with Gasteiger partial charge in [0.15, 0.2) is 5.88 Å². The van der Waals surface area contributed by atoms with Crippen LogP contribution in [-0.2, 0) is 4.74 Å². The van der Waals surface area contributed by atoms with Gasteiger partial charge in [-0.25, -0.2) is 0 Å². The molecule has 4 heteroatoms. The maximum absolute atomic E-state index is 6.11. The van der Waals surface area contributed by atoms with Gasteiger partial charge in [0, 0.05) is 16.2 Å². The highest BCUT2D eigenvalue weighted by atomic mass is 32.2. The Morgan fingerprint density at radius 2 is 2.37 bits per heavy atom. The topological polar surface area (TPSA) is 30.5 Å². The molecule has 1 aromatic rings. The van der Waals surface area contributed by atoms with Crippen LogP contribution in [-0.4, -0.2) is 25.5 Å². The number of para-hydroxylation sites is 1. The van der Waals surface area contributed by atoms with Crippen molar-refractivity contribution in [1.82, 2.24) is 5.32 Å². The van der Waals surface area contributed by atoms with E-state index in [-0.39, 0.29) is 6.10 Å². The fourth-order valence-electron chi connectivity index (χ4n) is 2.45. The highest BCUT2D eigenvalue weighted by molar-refractivity contribution is 8.08. The number of hydrogen-bond donors (Lipinski definition) is 1. The molecule has 0 radical (unpaired) electrons. The van der Waals surface area contributed by atoms with Gasteiger partial charge >= 0.3 is 0 Å². The first kappa shape index (κ1) is 12.5. The molecule has 1 atom stereocenters. The molecule has 0 fully saturated rings. The van der Waals surface area contributed by atoms with Gasteiger partial charge in [-0.2, -0.15) is 0 Å². The third kappa shape index (κ3) is 2.32. The number of thioether (sulfide) groups is 1. The van der Waals surface area contributed by atoms with Crippen molar-refractivity contribution in [1.29, 1.82) is 0 Å². The largest absolute Gasteiger partial charge is 0.484 e. The maximum Gasteiger partial charge on any atom is 0.178 e. The van der Waals surface area contributed by atoms with E-state index in [1.54, 1.807) is 7.11 Å². The summed E-state index contributed by atoms with van der Waals surface area (Å²) in [5.41, 5.74) is 2.64. The van der Waals surface area contributed by atoms with Crippen LogP contribution in [0.15, 0.2) is 42.3 Å². The molecule has 2 aliphatic heterocycles. The summed E-state index contributed by atoms with van der Waals surface area (Å²) < 4.78 is 11.2. The molecule has 3 nitrogen and oxygen atoms in total. The van der Waals surface area contributed by atoms with Crippen LogP contribution < -0.4 is 10.1 Å². The van der Waals surface area contributed by atoms with E-state index in [2.05, 4.69) is 24.0 Å². The first-order chi connectivity index (χ1) is 9.29. The highest BCUT2D eigenvalue weighted by Crippen LogP contribution is 2.47. The molecule has 0 spiro atoms. The lowest BCUT2D eigenvalue weighted by molar-refractivity contribution is 0.206. The molecule has 2 heterocycles. The van der Waals surface area contributed by atoms with E-state index in [0.29, 0.717) is 12.4 Å². The van der Waals surface area contributed by atoms with Crippen molar-refractivity contribution in [2.45, 2.75) is 12.5 Å². The normalized spacial score (nSPS) is 20.4. The van der Waals surface area contributed by atoms with Crippen LogP contribution in [0.4, 0.5) is 0 Å². The van der Waals surface area contributed by atoms with Crippen LogP contribution in [0.5, 0.6) is 5.75 Å². The van der Waals surface area contributed by atoms with Gasteiger partial charge in [-0.05, 0) is 24.6 Å². The molecular weight excluding hydrogens is 258 g/mol. The Bertz CT molecular complexity index is 539. The van der Waals surface area contributed by atoms with Crippen LogP contribution in [0.1, 0.15) is 12.0 Å². The molecule has 0 aromatic heterocycles. The zero-order chi connectivity index (χ0) is 13.2. The monoisotopic (exact) mass is 275 g/mol.